The van der Waals surface area contributed by atoms with Crippen molar-refractivity contribution in [3.8, 4) is 0 Å². The van der Waals surface area contributed by atoms with Gasteiger partial charge in [0.15, 0.2) is 0 Å². The number of aliphatic carboxylic acids is 2. The van der Waals surface area contributed by atoms with Gasteiger partial charge in [0, 0.05) is 24.9 Å². The summed E-state index contributed by atoms with van der Waals surface area (Å²) in [5.74, 6) is -3.81. The van der Waals surface area contributed by atoms with E-state index in [9.17, 15) is 18.0 Å². The lowest BCUT2D eigenvalue weighted by Gasteiger charge is -1.97. The minimum Gasteiger partial charge on any atom is -0.480 e. The second-order valence-electron chi connectivity index (χ2n) is 3.84. The Labute approximate surface area is 130 Å². The molecule has 0 saturated heterocycles. The van der Waals surface area contributed by atoms with Gasteiger partial charge in [-0.15, -0.1) is 0 Å². The largest absolute Gasteiger partial charge is 0.490 e. The Balaban J connectivity index is 0. The summed E-state index contributed by atoms with van der Waals surface area (Å²) in [5, 5.41) is 15.1. The molecule has 1 heterocycles. The van der Waals surface area contributed by atoms with E-state index in [0.717, 1.165) is 12.1 Å². The standard InChI is InChI=1S/C7H10N2.C3H8N2O2.C2HF3O2/c8-5-4-7-3-1-2-6-9-7;4-1-2(5)3(6)7;3-2(4,5)1(6)7/h1-3,6H,4-5,8H2;2H,1,4-5H2,(H,6,7);(H,6,7)/t;2-;/m.0./s1. The van der Waals surface area contributed by atoms with Crippen LogP contribution in [0.2, 0.25) is 0 Å². The molecule has 1 rings (SSSR count). The molecular formula is C12H19F3N4O4. The fourth-order valence-electron chi connectivity index (χ4n) is 0.795. The van der Waals surface area contributed by atoms with Crippen LogP contribution in [0.3, 0.4) is 0 Å². The molecule has 0 radical (unpaired) electrons. The maximum Gasteiger partial charge on any atom is 0.490 e. The van der Waals surface area contributed by atoms with Gasteiger partial charge < -0.3 is 27.4 Å². The lowest BCUT2D eigenvalue weighted by Crippen LogP contribution is -2.37. The first-order valence-corrected chi connectivity index (χ1v) is 6.14. The topological polar surface area (TPSA) is 166 Å². The molecule has 8 N–H and O–H groups in total. The summed E-state index contributed by atoms with van der Waals surface area (Å²) < 4.78 is 31.7. The Morgan fingerprint density at radius 1 is 1.22 bits per heavy atom. The third-order valence-electron chi connectivity index (χ3n) is 1.94. The number of alkyl halides is 3. The van der Waals surface area contributed by atoms with E-state index in [4.69, 9.17) is 32.2 Å². The number of pyridine rings is 1. The number of hydrogen-bond acceptors (Lipinski definition) is 6. The maximum atomic E-state index is 10.6. The molecule has 0 saturated carbocycles. The van der Waals surface area contributed by atoms with Crippen LogP contribution in [-0.2, 0) is 16.0 Å². The van der Waals surface area contributed by atoms with Crippen molar-refractivity contribution in [3.63, 3.8) is 0 Å². The molecular weight excluding hydrogens is 321 g/mol. The summed E-state index contributed by atoms with van der Waals surface area (Å²) in [7, 11) is 0. The monoisotopic (exact) mass is 340 g/mol. The average Bonchev–Trinajstić information content (AvgIpc) is 2.48. The van der Waals surface area contributed by atoms with Gasteiger partial charge in [-0.05, 0) is 18.7 Å². The van der Waals surface area contributed by atoms with E-state index in [1.54, 1.807) is 6.20 Å². The van der Waals surface area contributed by atoms with Gasteiger partial charge in [0.1, 0.15) is 6.04 Å². The molecule has 1 aromatic heterocycles. The second kappa shape index (κ2) is 12.3. The fourth-order valence-corrected chi connectivity index (χ4v) is 0.795. The molecule has 0 aliphatic heterocycles. The number of carbonyl (C=O) groups is 2. The molecule has 1 aromatic rings. The molecule has 23 heavy (non-hydrogen) atoms. The molecule has 0 bridgehead atoms. The highest BCUT2D eigenvalue weighted by Crippen LogP contribution is 2.13. The minimum absolute atomic E-state index is 0.00463. The van der Waals surface area contributed by atoms with E-state index in [1.807, 2.05) is 18.2 Å². The Bertz CT molecular complexity index is 457. The van der Waals surface area contributed by atoms with Gasteiger partial charge in [0.05, 0.1) is 0 Å². The number of carboxylic acids is 2. The Kier molecular flexibility index (Phi) is 12.3. The molecule has 0 fully saturated rings. The molecule has 0 unspecified atom stereocenters. The molecule has 0 aliphatic carbocycles. The first-order valence-electron chi connectivity index (χ1n) is 6.14. The van der Waals surface area contributed by atoms with Crippen LogP contribution in [0.25, 0.3) is 0 Å². The third-order valence-corrected chi connectivity index (χ3v) is 1.94. The predicted octanol–water partition coefficient (Wildman–Crippen LogP) is -0.427. The summed E-state index contributed by atoms with van der Waals surface area (Å²) in [6, 6.07) is 4.95. The van der Waals surface area contributed by atoms with Gasteiger partial charge >= 0.3 is 18.1 Å². The average molecular weight is 340 g/mol. The van der Waals surface area contributed by atoms with Crippen LogP contribution in [-0.4, -0.2) is 52.4 Å². The van der Waals surface area contributed by atoms with Crippen LogP contribution >= 0.6 is 0 Å². The van der Waals surface area contributed by atoms with Crippen LogP contribution in [0, 0.1) is 0 Å². The smallest absolute Gasteiger partial charge is 0.480 e. The van der Waals surface area contributed by atoms with Crippen molar-refractivity contribution in [2.75, 3.05) is 13.1 Å². The van der Waals surface area contributed by atoms with Gasteiger partial charge in [-0.3, -0.25) is 9.78 Å². The van der Waals surface area contributed by atoms with E-state index < -0.39 is 24.2 Å². The van der Waals surface area contributed by atoms with Crippen LogP contribution < -0.4 is 17.2 Å². The van der Waals surface area contributed by atoms with Crippen LogP contribution in [0.5, 0.6) is 0 Å². The molecule has 1 atom stereocenters. The zero-order valence-electron chi connectivity index (χ0n) is 12.0. The van der Waals surface area contributed by atoms with Crippen molar-refractivity contribution >= 4 is 11.9 Å². The highest BCUT2D eigenvalue weighted by molar-refractivity contribution is 5.73. The van der Waals surface area contributed by atoms with E-state index in [0.29, 0.717) is 6.54 Å². The highest BCUT2D eigenvalue weighted by Gasteiger charge is 2.38. The number of aromatic nitrogens is 1. The number of rotatable bonds is 4. The first-order chi connectivity index (χ1) is 10.6. The fraction of sp³-hybridized carbons (Fsp3) is 0.417. The highest BCUT2D eigenvalue weighted by atomic mass is 19.4. The zero-order chi connectivity index (χ0) is 18.5. The number of nitrogens with two attached hydrogens (primary N) is 3. The normalized spacial score (nSPS) is 11.2. The number of nitrogens with zero attached hydrogens (tertiary/aromatic N) is 1. The Morgan fingerprint density at radius 2 is 1.74 bits per heavy atom. The minimum atomic E-state index is -5.08. The van der Waals surface area contributed by atoms with Gasteiger partial charge in [-0.1, -0.05) is 6.07 Å². The van der Waals surface area contributed by atoms with Crippen LogP contribution in [0.4, 0.5) is 13.2 Å². The Hall–Kier alpha value is -2.24. The number of halogens is 3. The summed E-state index contributed by atoms with van der Waals surface area (Å²) >= 11 is 0. The molecule has 0 aliphatic rings. The van der Waals surface area contributed by atoms with Crippen molar-refractivity contribution in [1.82, 2.24) is 4.98 Å². The van der Waals surface area contributed by atoms with Gasteiger partial charge in [-0.25, -0.2) is 4.79 Å². The third kappa shape index (κ3) is 14.5. The van der Waals surface area contributed by atoms with Gasteiger partial charge in [-0.2, -0.15) is 13.2 Å². The van der Waals surface area contributed by atoms with E-state index in [2.05, 4.69) is 4.98 Å². The summed E-state index contributed by atoms with van der Waals surface area (Å²) in [4.78, 5) is 22.7. The summed E-state index contributed by atoms with van der Waals surface area (Å²) in [6.07, 6.45) is -2.42. The van der Waals surface area contributed by atoms with Crippen molar-refractivity contribution in [2.24, 2.45) is 17.2 Å². The van der Waals surface area contributed by atoms with Crippen LogP contribution in [0.15, 0.2) is 24.4 Å². The van der Waals surface area contributed by atoms with Crippen molar-refractivity contribution in [2.45, 2.75) is 18.6 Å². The summed E-state index contributed by atoms with van der Waals surface area (Å²) in [5.41, 5.74) is 16.1. The molecule has 132 valence electrons. The van der Waals surface area contributed by atoms with E-state index in [-0.39, 0.29) is 6.54 Å². The van der Waals surface area contributed by atoms with Gasteiger partial charge in [0.25, 0.3) is 0 Å². The first kappa shape index (κ1) is 23.0. The van der Waals surface area contributed by atoms with Crippen molar-refractivity contribution in [1.29, 1.82) is 0 Å². The number of hydrogen-bond donors (Lipinski definition) is 5. The van der Waals surface area contributed by atoms with E-state index in [1.165, 1.54) is 0 Å². The summed E-state index contributed by atoms with van der Waals surface area (Å²) in [6.45, 7) is 0.673. The maximum absolute atomic E-state index is 10.6. The molecule has 0 spiro atoms. The lowest BCUT2D eigenvalue weighted by molar-refractivity contribution is -0.192. The van der Waals surface area contributed by atoms with Gasteiger partial charge in [0.2, 0.25) is 0 Å². The quantitative estimate of drug-likeness (QED) is 0.492. The molecule has 0 aromatic carbocycles. The lowest BCUT2D eigenvalue weighted by atomic mass is 10.3. The zero-order valence-corrected chi connectivity index (χ0v) is 12.0. The van der Waals surface area contributed by atoms with Crippen molar-refractivity contribution < 1.29 is 33.0 Å². The molecule has 11 heteroatoms. The second-order valence-corrected chi connectivity index (χ2v) is 3.84. The van der Waals surface area contributed by atoms with Crippen molar-refractivity contribution in [3.05, 3.63) is 30.1 Å². The predicted molar refractivity (Wildman–Crippen MR) is 75.4 cm³/mol. The molecule has 0 amide bonds. The Morgan fingerprint density at radius 3 is 1.96 bits per heavy atom. The number of carboxylic acid groups (broad SMARTS) is 2. The van der Waals surface area contributed by atoms with Crippen LogP contribution in [0.1, 0.15) is 5.69 Å². The SMILES string of the molecule is NCCc1ccccn1.NC[C@H](N)C(=O)O.O=C(O)C(F)(F)F. The van der Waals surface area contributed by atoms with E-state index >= 15 is 0 Å². The molecule has 8 nitrogen and oxygen atoms in total.